The molecule has 2 atom stereocenters. The number of carbonyl (C=O) groups excluding carboxylic acids is 2. The van der Waals surface area contributed by atoms with Crippen LogP contribution in [-0.4, -0.2) is 29.3 Å². The molecule has 1 aliphatic rings. The van der Waals surface area contributed by atoms with Crippen molar-refractivity contribution in [1.82, 2.24) is 0 Å². The van der Waals surface area contributed by atoms with E-state index in [0.717, 1.165) is 7.11 Å². The fourth-order valence-corrected chi connectivity index (χ4v) is 2.66. The van der Waals surface area contributed by atoms with Crippen LogP contribution in [0.15, 0.2) is 29.3 Å². The molecule has 0 aliphatic carbocycles. The molecule has 1 aromatic rings. The van der Waals surface area contributed by atoms with Crippen molar-refractivity contribution in [2.24, 2.45) is 0 Å². The molecule has 2 unspecified atom stereocenters. The number of alkyl halides is 2. The summed E-state index contributed by atoms with van der Waals surface area (Å²) in [5, 5.41) is -3.43. The van der Waals surface area contributed by atoms with Crippen molar-refractivity contribution in [2.75, 3.05) is 7.11 Å². The van der Waals surface area contributed by atoms with Crippen molar-refractivity contribution in [2.45, 2.75) is 10.4 Å². The zero-order chi connectivity index (χ0) is 15.8. The molecule has 21 heavy (non-hydrogen) atoms. The highest BCUT2D eigenvalue weighted by molar-refractivity contribution is 6.56. The van der Waals surface area contributed by atoms with E-state index in [1.54, 1.807) is 24.3 Å². The Bertz CT molecular complexity index is 626. The third-order valence-electron chi connectivity index (χ3n) is 2.80. The van der Waals surface area contributed by atoms with Gasteiger partial charge in [-0.1, -0.05) is 34.8 Å². The predicted molar refractivity (Wildman–Crippen MR) is 80.6 cm³/mol. The first-order valence-electron chi connectivity index (χ1n) is 5.61. The summed E-state index contributed by atoms with van der Waals surface area (Å²) < 4.78 is 9.84. The van der Waals surface area contributed by atoms with Gasteiger partial charge in [-0.3, -0.25) is 9.59 Å². The van der Waals surface area contributed by atoms with Gasteiger partial charge in [0.15, 0.2) is 11.1 Å². The maximum atomic E-state index is 12.2. The number of hydrogen-bond acceptors (Lipinski definition) is 4. The van der Waals surface area contributed by atoms with E-state index in [2.05, 4.69) is 4.74 Å². The topological polar surface area (TPSA) is 52.6 Å². The summed E-state index contributed by atoms with van der Waals surface area (Å²) in [6.45, 7) is 0. The molecule has 0 N–H and O–H groups in total. The molecule has 112 valence electrons. The van der Waals surface area contributed by atoms with Crippen LogP contribution in [0.2, 0.25) is 5.02 Å². The first-order chi connectivity index (χ1) is 9.81. The van der Waals surface area contributed by atoms with Crippen LogP contribution in [0.3, 0.4) is 0 Å². The Morgan fingerprint density at radius 1 is 1.29 bits per heavy atom. The lowest BCUT2D eigenvalue weighted by Crippen LogP contribution is -2.45. The molecule has 4 nitrogen and oxygen atoms in total. The van der Waals surface area contributed by atoms with Crippen LogP contribution < -0.4 is 0 Å². The first kappa shape index (κ1) is 16.4. The Kier molecular flexibility index (Phi) is 4.73. The van der Waals surface area contributed by atoms with E-state index in [0.29, 0.717) is 10.6 Å². The van der Waals surface area contributed by atoms with Crippen LogP contribution in [0.4, 0.5) is 0 Å². The molecule has 0 bridgehead atoms. The van der Waals surface area contributed by atoms with E-state index >= 15 is 0 Å². The van der Waals surface area contributed by atoms with Crippen LogP contribution in [0.5, 0.6) is 0 Å². The minimum Gasteiger partial charge on any atom is -0.468 e. The highest BCUT2D eigenvalue weighted by Gasteiger charge is 2.56. The maximum Gasteiger partial charge on any atom is 0.329 e. The molecule has 1 aromatic carbocycles. The third-order valence-corrected chi connectivity index (χ3v) is 4.46. The molecule has 1 heterocycles. The molecule has 1 aliphatic heterocycles. The Morgan fingerprint density at radius 3 is 2.38 bits per heavy atom. The van der Waals surface area contributed by atoms with Crippen LogP contribution in [0.1, 0.15) is 5.56 Å². The van der Waals surface area contributed by atoms with Gasteiger partial charge in [0.2, 0.25) is 5.78 Å². The van der Waals surface area contributed by atoms with E-state index in [9.17, 15) is 9.59 Å². The Balaban J connectivity index is 2.37. The second-order valence-electron chi connectivity index (χ2n) is 4.11. The fraction of sp³-hybridized carbons (Fsp3) is 0.231. The molecule has 8 heteroatoms. The summed E-state index contributed by atoms with van der Waals surface area (Å²) in [6, 6.07) is 6.37. The minimum atomic E-state index is -2.14. The van der Waals surface area contributed by atoms with E-state index in [1.807, 2.05) is 0 Å². The second kappa shape index (κ2) is 6.05. The second-order valence-corrected chi connectivity index (χ2v) is 5.92. The van der Waals surface area contributed by atoms with Gasteiger partial charge in [-0.15, -0.1) is 11.6 Å². The van der Waals surface area contributed by atoms with Crippen molar-refractivity contribution in [1.29, 1.82) is 0 Å². The van der Waals surface area contributed by atoms with Gasteiger partial charge in [-0.25, -0.2) is 0 Å². The van der Waals surface area contributed by atoms with Crippen LogP contribution in [0, 0.1) is 0 Å². The smallest absolute Gasteiger partial charge is 0.329 e. The Hall–Kier alpha value is -0.940. The summed E-state index contributed by atoms with van der Waals surface area (Å²) in [7, 11) is 1.12. The van der Waals surface area contributed by atoms with Gasteiger partial charge in [0.25, 0.3) is 5.06 Å². The predicted octanol–water partition coefficient (Wildman–Crippen LogP) is 3.56. The molecule has 2 rings (SSSR count). The summed E-state index contributed by atoms with van der Waals surface area (Å²) in [5.41, 5.74) is 0.481. The number of hydrogen-bond donors (Lipinski definition) is 0. The number of carbonyl (C=O) groups is 2. The highest BCUT2D eigenvalue weighted by Crippen LogP contribution is 2.44. The van der Waals surface area contributed by atoms with Crippen LogP contribution in [-0.2, 0) is 19.1 Å². The first-order valence-corrected chi connectivity index (χ1v) is 7.18. The van der Waals surface area contributed by atoms with Crippen molar-refractivity contribution < 1.29 is 19.1 Å². The number of halogens is 4. The van der Waals surface area contributed by atoms with Gasteiger partial charge in [-0.05, 0) is 24.3 Å². The monoisotopic (exact) mass is 368 g/mol. The van der Waals surface area contributed by atoms with E-state index < -0.39 is 22.2 Å². The van der Waals surface area contributed by atoms with Crippen LogP contribution in [0.25, 0.3) is 5.76 Å². The van der Waals surface area contributed by atoms with Crippen molar-refractivity contribution in [3.8, 4) is 0 Å². The largest absolute Gasteiger partial charge is 0.468 e. The molecule has 0 radical (unpaired) electrons. The highest BCUT2D eigenvalue weighted by atomic mass is 35.5. The third kappa shape index (κ3) is 2.86. The number of ether oxygens (including phenoxy) is 2. The lowest BCUT2D eigenvalue weighted by Gasteiger charge is -2.24. The average Bonchev–Trinajstić information content (AvgIpc) is 2.72. The fourth-order valence-electron chi connectivity index (χ4n) is 1.70. The normalized spacial score (nSPS) is 23.0. The maximum absolute atomic E-state index is 12.2. The van der Waals surface area contributed by atoms with Gasteiger partial charge in [0.1, 0.15) is 5.03 Å². The Morgan fingerprint density at radius 2 is 1.86 bits per heavy atom. The molecule has 0 amide bonds. The average molecular weight is 370 g/mol. The standard InChI is InChI=1S/C13H8Cl4O4/c1-20-12(19)10(16)13(17)11(18)8(15)9(21-13)6-2-4-7(14)5-3-6/h2-5,10H,1H3. The van der Waals surface area contributed by atoms with Gasteiger partial charge >= 0.3 is 5.97 Å². The number of ketones is 1. The molecule has 0 saturated carbocycles. The Labute approximate surface area is 140 Å². The van der Waals surface area contributed by atoms with Gasteiger partial charge in [0.05, 0.1) is 7.11 Å². The SMILES string of the molecule is COC(=O)C(Cl)C1(Cl)OC(c2ccc(Cl)cc2)=C(Cl)C1=O. The van der Waals surface area contributed by atoms with Gasteiger partial charge in [0, 0.05) is 10.6 Å². The zero-order valence-corrected chi connectivity index (χ0v) is 13.6. The zero-order valence-electron chi connectivity index (χ0n) is 10.5. The van der Waals surface area contributed by atoms with Crippen molar-refractivity contribution in [3.05, 3.63) is 39.9 Å². The van der Waals surface area contributed by atoms with Crippen molar-refractivity contribution >= 4 is 63.9 Å². The van der Waals surface area contributed by atoms with E-state index in [-0.39, 0.29) is 10.8 Å². The number of benzene rings is 1. The molecule has 0 spiro atoms. The van der Waals surface area contributed by atoms with Gasteiger partial charge < -0.3 is 9.47 Å². The summed E-state index contributed by atoms with van der Waals surface area (Å²) in [5.74, 6) is -1.68. The summed E-state index contributed by atoms with van der Waals surface area (Å²) >= 11 is 23.7. The molecule has 0 saturated heterocycles. The molecular weight excluding hydrogens is 362 g/mol. The number of rotatable bonds is 3. The minimum absolute atomic E-state index is 0.0305. The lowest BCUT2D eigenvalue weighted by molar-refractivity contribution is -0.145. The number of Topliss-reactive ketones (excluding diaryl/α,β-unsaturated/α-hetero) is 1. The molecule has 0 aromatic heterocycles. The van der Waals surface area contributed by atoms with E-state index in [4.69, 9.17) is 51.1 Å². The number of esters is 1. The number of methoxy groups -OCH3 is 1. The lowest BCUT2D eigenvalue weighted by atomic mass is 10.1. The van der Waals surface area contributed by atoms with Gasteiger partial charge in [-0.2, -0.15) is 0 Å². The molecule has 0 fully saturated rings. The van der Waals surface area contributed by atoms with E-state index in [1.165, 1.54) is 0 Å². The summed E-state index contributed by atoms with van der Waals surface area (Å²) in [6.07, 6.45) is 0. The summed E-state index contributed by atoms with van der Waals surface area (Å²) in [4.78, 5) is 23.7. The van der Waals surface area contributed by atoms with Crippen LogP contribution >= 0.6 is 46.4 Å². The van der Waals surface area contributed by atoms with Crippen molar-refractivity contribution in [3.63, 3.8) is 0 Å². The quantitative estimate of drug-likeness (QED) is 0.603. The molecular formula is C13H8Cl4O4.